The molecule has 1 unspecified atom stereocenters. The Bertz CT molecular complexity index is 900. The van der Waals surface area contributed by atoms with Crippen molar-refractivity contribution in [2.75, 3.05) is 44.2 Å². The quantitative estimate of drug-likeness (QED) is 0.709. The average molecular weight is 404 g/mol. The van der Waals surface area contributed by atoms with E-state index in [0.29, 0.717) is 22.6 Å². The van der Waals surface area contributed by atoms with Crippen molar-refractivity contribution in [1.29, 1.82) is 0 Å². The van der Waals surface area contributed by atoms with E-state index in [4.69, 9.17) is 9.84 Å². The lowest BCUT2D eigenvalue weighted by molar-refractivity contribution is -0.136. The fraction of sp³-hybridized carbons (Fsp3) is 0.350. The van der Waals surface area contributed by atoms with E-state index in [1.807, 2.05) is 62.3 Å². The lowest BCUT2D eigenvalue weighted by atomic mass is 9.98. The van der Waals surface area contributed by atoms with Crippen molar-refractivity contribution in [1.82, 2.24) is 0 Å². The third-order valence-electron chi connectivity index (χ3n) is 4.89. The number of anilines is 2. The van der Waals surface area contributed by atoms with Crippen molar-refractivity contribution in [2.24, 2.45) is 0 Å². The van der Waals surface area contributed by atoms with Gasteiger partial charge in [0.15, 0.2) is 0 Å². The molecular weight excluding hydrogens is 379 g/mol. The molecule has 8 heteroatoms. The van der Waals surface area contributed by atoms with Crippen LogP contribution in [0, 0.1) is 0 Å². The van der Waals surface area contributed by atoms with Crippen LogP contribution in [-0.2, 0) is 9.36 Å². The third-order valence-corrected chi connectivity index (χ3v) is 7.11. The predicted molar refractivity (Wildman–Crippen MR) is 110 cm³/mol. The Morgan fingerprint density at radius 2 is 1.46 bits per heavy atom. The summed E-state index contributed by atoms with van der Waals surface area (Å²) in [6, 6.07) is 11.0. The summed E-state index contributed by atoms with van der Waals surface area (Å²) in [6.45, 7) is 0. The molecule has 0 bridgehead atoms. The number of ether oxygens (including phenoxy) is 1. The molecule has 3 rings (SSSR count). The summed E-state index contributed by atoms with van der Waals surface area (Å²) in [4.78, 5) is 25.7. The summed E-state index contributed by atoms with van der Waals surface area (Å²) >= 11 is 0. The standard InChI is InChI=1S/C20H25N2O5P/c1-21(2)13-5-7-15-17(11-13)27-18-12-14(22(3)4)6-8-16(18)20(15)28(25,26)10-9-19(23)24/h5-8,11-12,20H,9-10H2,1-4H3,(H,23,24)(H,25,26). The van der Waals surface area contributed by atoms with E-state index in [0.717, 1.165) is 11.4 Å². The third kappa shape index (κ3) is 3.86. The number of aliphatic carboxylic acids is 1. The van der Waals surface area contributed by atoms with Gasteiger partial charge in [0.1, 0.15) is 11.5 Å². The molecule has 7 nitrogen and oxygen atoms in total. The Balaban J connectivity index is 2.15. The molecule has 0 spiro atoms. The van der Waals surface area contributed by atoms with Crippen molar-refractivity contribution in [3.8, 4) is 11.5 Å². The Kier molecular flexibility index (Phi) is 5.41. The van der Waals surface area contributed by atoms with E-state index in [1.54, 1.807) is 12.1 Å². The highest BCUT2D eigenvalue weighted by Gasteiger charge is 2.40. The second kappa shape index (κ2) is 7.49. The van der Waals surface area contributed by atoms with Gasteiger partial charge in [-0.1, -0.05) is 12.1 Å². The zero-order chi connectivity index (χ0) is 20.6. The average Bonchev–Trinajstić information content (AvgIpc) is 2.63. The van der Waals surface area contributed by atoms with Crippen molar-refractivity contribution < 1.29 is 24.1 Å². The topological polar surface area (TPSA) is 90.3 Å². The molecule has 0 amide bonds. The van der Waals surface area contributed by atoms with Gasteiger partial charge in [-0.3, -0.25) is 9.36 Å². The van der Waals surface area contributed by atoms with Crippen molar-refractivity contribution in [2.45, 2.75) is 12.1 Å². The van der Waals surface area contributed by atoms with Crippen LogP contribution in [0.15, 0.2) is 36.4 Å². The van der Waals surface area contributed by atoms with E-state index in [9.17, 15) is 14.3 Å². The maximum atomic E-state index is 13.3. The number of carbonyl (C=O) groups is 1. The van der Waals surface area contributed by atoms with Crippen LogP contribution >= 0.6 is 7.37 Å². The minimum Gasteiger partial charge on any atom is -0.481 e. The van der Waals surface area contributed by atoms with Gasteiger partial charge in [0.05, 0.1) is 12.1 Å². The Morgan fingerprint density at radius 3 is 1.86 bits per heavy atom. The van der Waals surface area contributed by atoms with E-state index < -0.39 is 19.0 Å². The first-order valence-corrected chi connectivity index (χ1v) is 10.9. The summed E-state index contributed by atoms with van der Waals surface area (Å²) in [6.07, 6.45) is -0.655. The molecule has 0 saturated heterocycles. The molecule has 2 aromatic rings. The van der Waals surface area contributed by atoms with Gasteiger partial charge in [-0.2, -0.15) is 0 Å². The van der Waals surface area contributed by atoms with Gasteiger partial charge < -0.3 is 24.5 Å². The number of carboxylic acid groups (broad SMARTS) is 1. The van der Waals surface area contributed by atoms with Gasteiger partial charge >= 0.3 is 5.97 Å². The highest BCUT2D eigenvalue weighted by atomic mass is 31.2. The minimum absolute atomic E-state index is 0.295. The number of fused-ring (bicyclic) bond motifs is 2. The molecule has 1 heterocycles. The summed E-state index contributed by atoms with van der Waals surface area (Å²) in [5, 5.41) is 8.99. The lowest BCUT2D eigenvalue weighted by Crippen LogP contribution is -2.16. The van der Waals surface area contributed by atoms with Gasteiger partial charge in [-0.05, 0) is 12.1 Å². The number of benzene rings is 2. The fourth-order valence-corrected chi connectivity index (χ4v) is 5.40. The van der Waals surface area contributed by atoms with Crippen LogP contribution < -0.4 is 14.5 Å². The second-order valence-corrected chi connectivity index (χ2v) is 9.84. The number of nitrogens with zero attached hydrogens (tertiary/aromatic N) is 2. The molecule has 0 saturated carbocycles. The highest BCUT2D eigenvalue weighted by molar-refractivity contribution is 7.58. The molecule has 2 N–H and O–H groups in total. The SMILES string of the molecule is CN(C)c1ccc2c(c1)Oc1cc(N(C)C)ccc1C2P(=O)(O)CCC(=O)O. The Hall–Kier alpha value is -2.50. The van der Waals surface area contributed by atoms with Crippen LogP contribution in [0.25, 0.3) is 0 Å². The van der Waals surface area contributed by atoms with E-state index in [-0.39, 0.29) is 12.6 Å². The summed E-state index contributed by atoms with van der Waals surface area (Å²) in [5.41, 5.74) is 2.20. The first-order valence-electron chi connectivity index (χ1n) is 8.94. The molecule has 1 aliphatic rings. The molecule has 0 aromatic heterocycles. The molecule has 28 heavy (non-hydrogen) atoms. The lowest BCUT2D eigenvalue weighted by Gasteiger charge is -2.32. The molecule has 2 aromatic carbocycles. The van der Waals surface area contributed by atoms with E-state index in [1.165, 1.54) is 0 Å². The largest absolute Gasteiger partial charge is 0.481 e. The first-order chi connectivity index (χ1) is 13.1. The number of rotatable bonds is 6. The molecule has 0 fully saturated rings. The molecular formula is C20H25N2O5P. The summed E-state index contributed by atoms with van der Waals surface area (Å²) in [5.74, 6) is -0.0545. The minimum atomic E-state index is -3.85. The van der Waals surface area contributed by atoms with Gasteiger partial charge in [0.2, 0.25) is 7.37 Å². The smallest absolute Gasteiger partial charge is 0.303 e. The van der Waals surface area contributed by atoms with E-state index >= 15 is 0 Å². The maximum absolute atomic E-state index is 13.3. The van der Waals surface area contributed by atoms with Crippen LogP contribution in [0.5, 0.6) is 11.5 Å². The molecule has 0 radical (unpaired) electrons. The van der Waals surface area contributed by atoms with Crippen LogP contribution in [0.4, 0.5) is 11.4 Å². The Labute approximate surface area is 164 Å². The zero-order valence-electron chi connectivity index (χ0n) is 16.4. The monoisotopic (exact) mass is 404 g/mol. The number of hydrogen-bond acceptors (Lipinski definition) is 5. The van der Waals surface area contributed by atoms with Crippen LogP contribution in [0.1, 0.15) is 23.2 Å². The normalized spacial score (nSPS) is 15.0. The van der Waals surface area contributed by atoms with Gasteiger partial charge in [0, 0.05) is 69.0 Å². The van der Waals surface area contributed by atoms with E-state index in [2.05, 4.69) is 0 Å². The van der Waals surface area contributed by atoms with Gasteiger partial charge in [-0.15, -0.1) is 0 Å². The van der Waals surface area contributed by atoms with Crippen molar-refractivity contribution in [3.05, 3.63) is 47.5 Å². The summed E-state index contributed by atoms with van der Waals surface area (Å²) in [7, 11) is 3.77. The van der Waals surface area contributed by atoms with Crippen LogP contribution in [-0.4, -0.2) is 50.3 Å². The van der Waals surface area contributed by atoms with Crippen LogP contribution in [0.3, 0.4) is 0 Å². The molecule has 1 atom stereocenters. The molecule has 1 aliphatic heterocycles. The predicted octanol–water partition coefficient (Wildman–Crippen LogP) is 3.76. The van der Waals surface area contributed by atoms with Crippen LogP contribution in [0.2, 0.25) is 0 Å². The number of hydrogen-bond donors (Lipinski definition) is 2. The van der Waals surface area contributed by atoms with Crippen molar-refractivity contribution in [3.63, 3.8) is 0 Å². The zero-order valence-corrected chi connectivity index (χ0v) is 17.3. The second-order valence-electron chi connectivity index (χ2n) is 7.36. The molecule has 150 valence electrons. The van der Waals surface area contributed by atoms with Gasteiger partial charge in [-0.25, -0.2) is 0 Å². The number of carboxylic acids is 1. The highest BCUT2D eigenvalue weighted by Crippen LogP contribution is 2.64. The summed E-state index contributed by atoms with van der Waals surface area (Å²) < 4.78 is 19.4. The maximum Gasteiger partial charge on any atom is 0.303 e. The Morgan fingerprint density at radius 1 is 1.00 bits per heavy atom. The first kappa shape index (κ1) is 20.2. The molecule has 0 aliphatic carbocycles. The fourth-order valence-electron chi connectivity index (χ4n) is 3.34. The van der Waals surface area contributed by atoms with Crippen molar-refractivity contribution >= 4 is 24.7 Å². The van der Waals surface area contributed by atoms with Gasteiger partial charge in [0.25, 0.3) is 0 Å².